The number of likely N-dealkylation sites (tertiary alicyclic amines) is 1. The van der Waals surface area contributed by atoms with Gasteiger partial charge < -0.3 is 9.64 Å². The lowest BCUT2D eigenvalue weighted by Gasteiger charge is -2.29. The first-order valence-electron chi connectivity index (χ1n) is 5.45. The maximum Gasteiger partial charge on any atom is 0.119 e. The molecular weight excluding hydrogens is 185 g/mol. The zero-order chi connectivity index (χ0) is 10.7. The molecule has 1 aromatic carbocycles. The minimum absolute atomic E-state index is 0.366. The predicted molar refractivity (Wildman–Crippen MR) is 63.0 cm³/mol. The van der Waals surface area contributed by atoms with Gasteiger partial charge in [-0.25, -0.2) is 0 Å². The van der Waals surface area contributed by atoms with Gasteiger partial charge in [-0.15, -0.1) is 0 Å². The van der Waals surface area contributed by atoms with E-state index < -0.39 is 0 Å². The molecule has 0 amide bonds. The van der Waals surface area contributed by atoms with Gasteiger partial charge in [-0.3, -0.25) is 0 Å². The van der Waals surface area contributed by atoms with Crippen LogP contribution in [0.15, 0.2) is 24.3 Å². The second-order valence-corrected chi connectivity index (χ2v) is 4.19. The summed E-state index contributed by atoms with van der Waals surface area (Å²) in [7, 11) is 7.77. The number of benzene rings is 1. The van der Waals surface area contributed by atoms with Crippen molar-refractivity contribution in [3.63, 3.8) is 0 Å². The third-order valence-electron chi connectivity index (χ3n) is 2.85. The molecule has 1 fully saturated rings. The van der Waals surface area contributed by atoms with Gasteiger partial charge in [0.05, 0.1) is 0 Å². The van der Waals surface area contributed by atoms with E-state index in [1.807, 2.05) is 24.3 Å². The van der Waals surface area contributed by atoms with Crippen molar-refractivity contribution in [2.24, 2.45) is 0 Å². The van der Waals surface area contributed by atoms with Crippen molar-refractivity contribution < 1.29 is 4.74 Å². The Labute approximate surface area is 92.6 Å². The van der Waals surface area contributed by atoms with Gasteiger partial charge in [0.2, 0.25) is 0 Å². The summed E-state index contributed by atoms with van der Waals surface area (Å²) >= 11 is 0. The van der Waals surface area contributed by atoms with Gasteiger partial charge in [0.1, 0.15) is 19.7 Å². The summed E-state index contributed by atoms with van der Waals surface area (Å²) in [6, 6.07) is 7.63. The average Bonchev–Trinajstić information content (AvgIpc) is 2.25. The molecule has 0 bridgehead atoms. The van der Waals surface area contributed by atoms with Crippen molar-refractivity contribution in [1.82, 2.24) is 4.90 Å². The Kier molecular flexibility index (Phi) is 3.32. The molecule has 0 spiro atoms. The Hall–Kier alpha value is -0.955. The van der Waals surface area contributed by atoms with Crippen molar-refractivity contribution >= 4 is 13.3 Å². The van der Waals surface area contributed by atoms with E-state index in [0.717, 1.165) is 37.1 Å². The van der Waals surface area contributed by atoms with E-state index in [1.54, 1.807) is 0 Å². The van der Waals surface area contributed by atoms with Gasteiger partial charge in [0, 0.05) is 13.1 Å². The topological polar surface area (TPSA) is 12.5 Å². The fraction of sp³-hybridized carbons (Fsp3) is 0.500. The van der Waals surface area contributed by atoms with Gasteiger partial charge in [-0.05, 0) is 32.0 Å². The molecular formula is C12H16BNO. The largest absolute Gasteiger partial charge is 0.490 e. The number of hydrogen-bond acceptors (Lipinski definition) is 2. The summed E-state index contributed by atoms with van der Waals surface area (Å²) in [6.45, 7) is 2.25. The van der Waals surface area contributed by atoms with E-state index in [0.29, 0.717) is 6.10 Å². The van der Waals surface area contributed by atoms with Crippen molar-refractivity contribution in [3.05, 3.63) is 24.3 Å². The monoisotopic (exact) mass is 201 g/mol. The molecule has 1 aliphatic heterocycles. The molecule has 1 heterocycles. The Morgan fingerprint density at radius 2 is 1.80 bits per heavy atom. The highest BCUT2D eigenvalue weighted by Gasteiger charge is 2.17. The smallest absolute Gasteiger partial charge is 0.119 e. The van der Waals surface area contributed by atoms with Gasteiger partial charge >= 0.3 is 0 Å². The van der Waals surface area contributed by atoms with Crippen LogP contribution in [0.2, 0.25) is 0 Å². The summed E-state index contributed by atoms with van der Waals surface area (Å²) in [4.78, 5) is 2.34. The van der Waals surface area contributed by atoms with Crippen LogP contribution in [0.3, 0.4) is 0 Å². The van der Waals surface area contributed by atoms with Crippen LogP contribution in [0.25, 0.3) is 0 Å². The fourth-order valence-electron chi connectivity index (χ4n) is 1.84. The van der Waals surface area contributed by atoms with Gasteiger partial charge in [-0.2, -0.15) is 0 Å². The fourth-order valence-corrected chi connectivity index (χ4v) is 1.84. The molecule has 1 aliphatic rings. The van der Waals surface area contributed by atoms with Gasteiger partial charge in [0.15, 0.2) is 0 Å². The second-order valence-electron chi connectivity index (χ2n) is 4.19. The summed E-state index contributed by atoms with van der Waals surface area (Å²) in [5.41, 5.74) is 0.783. The summed E-state index contributed by atoms with van der Waals surface area (Å²) < 4.78 is 5.88. The van der Waals surface area contributed by atoms with Crippen molar-refractivity contribution in [1.29, 1.82) is 0 Å². The lowest BCUT2D eigenvalue weighted by Crippen LogP contribution is -2.35. The van der Waals surface area contributed by atoms with E-state index in [-0.39, 0.29) is 0 Å². The Morgan fingerprint density at radius 3 is 2.40 bits per heavy atom. The SMILES string of the molecule is [B]c1ccc(OC2CCN(C)CC2)cc1. The molecule has 1 aromatic rings. The lowest BCUT2D eigenvalue weighted by molar-refractivity contribution is 0.114. The summed E-state index contributed by atoms with van der Waals surface area (Å²) in [5, 5.41) is 0. The Bertz CT molecular complexity index is 304. The molecule has 78 valence electrons. The average molecular weight is 201 g/mol. The van der Waals surface area contributed by atoms with Crippen LogP contribution in [0.1, 0.15) is 12.8 Å². The minimum atomic E-state index is 0.366. The maximum absolute atomic E-state index is 5.88. The van der Waals surface area contributed by atoms with Crippen molar-refractivity contribution in [2.75, 3.05) is 20.1 Å². The molecule has 1 saturated heterocycles. The quantitative estimate of drug-likeness (QED) is 0.660. The van der Waals surface area contributed by atoms with Crippen LogP contribution in [-0.2, 0) is 0 Å². The predicted octanol–water partition coefficient (Wildman–Crippen LogP) is 0.953. The lowest BCUT2D eigenvalue weighted by atomic mass is 9.97. The molecule has 2 nitrogen and oxygen atoms in total. The molecule has 15 heavy (non-hydrogen) atoms. The number of hydrogen-bond donors (Lipinski definition) is 0. The standard InChI is InChI=1S/C12H16BNO/c1-14-8-6-12(7-9-14)15-11-4-2-10(13)3-5-11/h2-5,12H,6-9H2,1H3. The highest BCUT2D eigenvalue weighted by atomic mass is 16.5. The van der Waals surface area contributed by atoms with E-state index >= 15 is 0 Å². The molecule has 0 aliphatic carbocycles. The highest BCUT2D eigenvalue weighted by molar-refractivity contribution is 6.32. The normalized spacial score (nSPS) is 19.0. The molecule has 3 heteroatoms. The Balaban J connectivity index is 1.89. The third-order valence-corrected chi connectivity index (χ3v) is 2.85. The van der Waals surface area contributed by atoms with Crippen LogP contribution in [0, 0.1) is 0 Å². The number of ether oxygens (including phenoxy) is 1. The number of piperidine rings is 1. The highest BCUT2D eigenvalue weighted by Crippen LogP contribution is 2.17. The first-order chi connectivity index (χ1) is 7.24. The van der Waals surface area contributed by atoms with Crippen molar-refractivity contribution in [2.45, 2.75) is 18.9 Å². The molecule has 0 saturated carbocycles. The molecule has 2 radical (unpaired) electrons. The number of nitrogens with zero attached hydrogens (tertiary/aromatic N) is 1. The van der Waals surface area contributed by atoms with Crippen LogP contribution < -0.4 is 10.2 Å². The molecule has 0 aromatic heterocycles. The Morgan fingerprint density at radius 1 is 1.20 bits per heavy atom. The van der Waals surface area contributed by atoms with Gasteiger partial charge in [-0.1, -0.05) is 17.6 Å². The molecule has 0 N–H and O–H groups in total. The first kappa shape index (κ1) is 10.6. The van der Waals surface area contributed by atoms with E-state index in [9.17, 15) is 0 Å². The zero-order valence-electron chi connectivity index (χ0n) is 9.15. The van der Waals surface area contributed by atoms with Crippen LogP contribution in [0.5, 0.6) is 5.75 Å². The second kappa shape index (κ2) is 4.71. The summed E-state index contributed by atoms with van der Waals surface area (Å²) in [5.74, 6) is 0.929. The van der Waals surface area contributed by atoms with Crippen LogP contribution in [-0.4, -0.2) is 39.0 Å². The molecule has 2 rings (SSSR count). The van der Waals surface area contributed by atoms with E-state index in [2.05, 4.69) is 11.9 Å². The van der Waals surface area contributed by atoms with Crippen molar-refractivity contribution in [3.8, 4) is 5.75 Å². The van der Waals surface area contributed by atoms with Gasteiger partial charge in [0.25, 0.3) is 0 Å². The molecule has 0 atom stereocenters. The van der Waals surface area contributed by atoms with E-state index in [4.69, 9.17) is 12.6 Å². The van der Waals surface area contributed by atoms with Crippen LogP contribution >= 0.6 is 0 Å². The first-order valence-corrected chi connectivity index (χ1v) is 5.45. The minimum Gasteiger partial charge on any atom is -0.490 e. The third kappa shape index (κ3) is 3.00. The molecule has 0 unspecified atom stereocenters. The van der Waals surface area contributed by atoms with Crippen LogP contribution in [0.4, 0.5) is 0 Å². The summed E-state index contributed by atoms with van der Waals surface area (Å²) in [6.07, 6.45) is 2.59. The maximum atomic E-state index is 5.88. The number of rotatable bonds is 2. The zero-order valence-corrected chi connectivity index (χ0v) is 9.15. The van der Waals surface area contributed by atoms with E-state index in [1.165, 1.54) is 0 Å².